The summed E-state index contributed by atoms with van der Waals surface area (Å²) in [6, 6.07) is 13.3. The van der Waals surface area contributed by atoms with E-state index in [4.69, 9.17) is 4.74 Å². The Morgan fingerprint density at radius 2 is 1.70 bits per heavy atom. The van der Waals surface area contributed by atoms with Crippen LogP contribution in [0.5, 0.6) is 5.75 Å². The molecule has 0 saturated carbocycles. The van der Waals surface area contributed by atoms with Crippen molar-refractivity contribution in [1.82, 2.24) is 20.2 Å². The third-order valence-corrected chi connectivity index (χ3v) is 6.19. The highest BCUT2D eigenvalue weighted by molar-refractivity contribution is 5.97. The summed E-state index contributed by atoms with van der Waals surface area (Å²) in [5.41, 5.74) is 4.86. The van der Waals surface area contributed by atoms with Gasteiger partial charge in [-0.2, -0.15) is 0 Å². The van der Waals surface area contributed by atoms with Crippen LogP contribution in [0.25, 0.3) is 11.1 Å². The van der Waals surface area contributed by atoms with Gasteiger partial charge >= 0.3 is 0 Å². The molecule has 1 saturated heterocycles. The van der Waals surface area contributed by atoms with Crippen molar-refractivity contribution in [2.24, 2.45) is 0 Å². The first-order valence-corrected chi connectivity index (χ1v) is 11.1. The van der Waals surface area contributed by atoms with Crippen molar-refractivity contribution >= 4 is 11.8 Å². The van der Waals surface area contributed by atoms with Crippen molar-refractivity contribution in [1.29, 1.82) is 0 Å². The number of amides is 2. The van der Waals surface area contributed by atoms with Gasteiger partial charge in [-0.25, -0.2) is 0 Å². The Morgan fingerprint density at radius 3 is 2.27 bits per heavy atom. The van der Waals surface area contributed by atoms with Crippen LogP contribution in [0, 0.1) is 6.92 Å². The van der Waals surface area contributed by atoms with Gasteiger partial charge in [0, 0.05) is 55.3 Å². The molecule has 0 unspecified atom stereocenters. The fourth-order valence-corrected chi connectivity index (χ4v) is 4.29. The Labute approximate surface area is 193 Å². The molecule has 1 aliphatic rings. The summed E-state index contributed by atoms with van der Waals surface area (Å²) >= 11 is 0. The molecule has 3 aromatic rings. The molecule has 7 heteroatoms. The monoisotopic (exact) mass is 444 g/mol. The van der Waals surface area contributed by atoms with Crippen LogP contribution in [0.15, 0.2) is 54.9 Å². The Hall–Kier alpha value is -3.74. The minimum Gasteiger partial charge on any atom is -0.496 e. The molecule has 0 atom stereocenters. The highest BCUT2D eigenvalue weighted by Gasteiger charge is 2.27. The van der Waals surface area contributed by atoms with E-state index >= 15 is 0 Å². The van der Waals surface area contributed by atoms with E-state index in [0.717, 1.165) is 35.2 Å². The van der Waals surface area contributed by atoms with Crippen LogP contribution in [0.2, 0.25) is 0 Å². The summed E-state index contributed by atoms with van der Waals surface area (Å²) in [4.78, 5) is 35.5. The molecule has 4 rings (SSSR count). The van der Waals surface area contributed by atoms with Crippen molar-refractivity contribution in [3.8, 4) is 16.9 Å². The van der Waals surface area contributed by atoms with Crippen LogP contribution < -0.4 is 10.1 Å². The Kier molecular flexibility index (Phi) is 6.68. The van der Waals surface area contributed by atoms with E-state index in [9.17, 15) is 9.59 Å². The van der Waals surface area contributed by atoms with Crippen LogP contribution in [-0.4, -0.2) is 53.9 Å². The number of para-hydroxylation sites is 1. The number of carbonyl (C=O) groups excluding carboxylic acids is 2. The molecule has 1 aliphatic heterocycles. The first-order chi connectivity index (χ1) is 16.0. The van der Waals surface area contributed by atoms with E-state index in [-0.39, 0.29) is 11.8 Å². The third kappa shape index (κ3) is 4.72. The van der Waals surface area contributed by atoms with Gasteiger partial charge in [0.05, 0.1) is 12.7 Å². The molecule has 0 aliphatic carbocycles. The number of rotatable bonds is 5. The van der Waals surface area contributed by atoms with Crippen molar-refractivity contribution in [3.05, 3.63) is 77.4 Å². The number of aromatic nitrogens is 2. The molecular formula is C26H28N4O3. The SMILES string of the molecule is CNC(=O)c1ccc(-c2ccc(C3CCN(C(=O)c4cccc(C)c4OC)CC3)nc2)cn1. The summed E-state index contributed by atoms with van der Waals surface area (Å²) in [6.45, 7) is 3.33. The van der Waals surface area contributed by atoms with E-state index < -0.39 is 0 Å². The number of aryl methyl sites for hydroxylation is 1. The second kappa shape index (κ2) is 9.81. The molecule has 0 bridgehead atoms. The van der Waals surface area contributed by atoms with Crippen LogP contribution in [0.3, 0.4) is 0 Å². The van der Waals surface area contributed by atoms with Gasteiger partial charge in [0.2, 0.25) is 0 Å². The molecule has 33 heavy (non-hydrogen) atoms. The Balaban J connectivity index is 1.40. The number of hydrogen-bond acceptors (Lipinski definition) is 5. The number of benzene rings is 1. The van der Waals surface area contributed by atoms with E-state index in [1.807, 2.05) is 54.4 Å². The molecule has 0 spiro atoms. The lowest BCUT2D eigenvalue weighted by molar-refractivity contribution is 0.0708. The largest absolute Gasteiger partial charge is 0.496 e. The standard InChI is InChI=1S/C26H28N4O3/c1-17-5-4-6-21(24(17)33-3)26(32)30-13-11-18(12-14-30)22-9-7-19(15-28-22)20-8-10-23(29-16-20)25(31)27-2/h4-10,15-16,18H,11-14H2,1-3H3,(H,27,31). The maximum Gasteiger partial charge on any atom is 0.269 e. The smallest absolute Gasteiger partial charge is 0.269 e. The van der Waals surface area contributed by atoms with Gasteiger partial charge in [-0.1, -0.05) is 24.3 Å². The first-order valence-electron chi connectivity index (χ1n) is 11.1. The van der Waals surface area contributed by atoms with Gasteiger partial charge in [0.25, 0.3) is 11.8 Å². The van der Waals surface area contributed by atoms with Crippen LogP contribution in [-0.2, 0) is 0 Å². The van der Waals surface area contributed by atoms with Crippen LogP contribution in [0.1, 0.15) is 50.9 Å². The van der Waals surface area contributed by atoms with E-state index in [2.05, 4.69) is 15.3 Å². The van der Waals surface area contributed by atoms with Gasteiger partial charge in [-0.3, -0.25) is 19.6 Å². The topological polar surface area (TPSA) is 84.4 Å². The average Bonchev–Trinajstić information content (AvgIpc) is 2.88. The lowest BCUT2D eigenvalue weighted by atomic mass is 9.92. The van der Waals surface area contributed by atoms with E-state index in [1.165, 1.54) is 0 Å². The number of pyridine rings is 2. The lowest BCUT2D eigenvalue weighted by Gasteiger charge is -2.32. The zero-order chi connectivity index (χ0) is 23.4. The molecular weight excluding hydrogens is 416 g/mol. The Morgan fingerprint density at radius 1 is 1.00 bits per heavy atom. The number of hydrogen-bond donors (Lipinski definition) is 1. The van der Waals surface area contributed by atoms with E-state index in [0.29, 0.717) is 36.0 Å². The quantitative estimate of drug-likeness (QED) is 0.646. The van der Waals surface area contributed by atoms with Crippen molar-refractivity contribution in [3.63, 3.8) is 0 Å². The summed E-state index contributed by atoms with van der Waals surface area (Å²) in [5.74, 6) is 0.779. The zero-order valence-electron chi connectivity index (χ0n) is 19.2. The Bertz CT molecular complexity index is 1140. The predicted octanol–water partition coefficient (Wildman–Crippen LogP) is 3.84. The first kappa shape index (κ1) is 22.5. The second-order valence-electron chi connectivity index (χ2n) is 8.21. The summed E-state index contributed by atoms with van der Waals surface area (Å²) < 4.78 is 5.47. The molecule has 1 fully saturated rings. The number of piperidine rings is 1. The van der Waals surface area contributed by atoms with Gasteiger partial charge in [-0.05, 0) is 43.5 Å². The molecule has 1 N–H and O–H groups in total. The molecule has 2 amide bonds. The molecule has 1 aromatic carbocycles. The van der Waals surface area contributed by atoms with Crippen molar-refractivity contribution in [2.45, 2.75) is 25.7 Å². The third-order valence-electron chi connectivity index (χ3n) is 6.19. The van der Waals surface area contributed by atoms with Crippen LogP contribution >= 0.6 is 0 Å². The lowest BCUT2D eigenvalue weighted by Crippen LogP contribution is -2.38. The van der Waals surface area contributed by atoms with Gasteiger partial charge in [0.1, 0.15) is 11.4 Å². The molecule has 0 radical (unpaired) electrons. The number of likely N-dealkylation sites (tertiary alicyclic amines) is 1. The molecule has 2 aromatic heterocycles. The van der Waals surface area contributed by atoms with Crippen LogP contribution in [0.4, 0.5) is 0 Å². The van der Waals surface area contributed by atoms with Crippen molar-refractivity contribution in [2.75, 3.05) is 27.2 Å². The summed E-state index contributed by atoms with van der Waals surface area (Å²) in [7, 11) is 3.19. The zero-order valence-corrected chi connectivity index (χ0v) is 19.2. The van der Waals surface area contributed by atoms with Gasteiger partial charge < -0.3 is 15.0 Å². The predicted molar refractivity (Wildman–Crippen MR) is 126 cm³/mol. The number of nitrogens with one attached hydrogen (secondary N) is 1. The number of ether oxygens (including phenoxy) is 1. The number of carbonyl (C=O) groups is 2. The molecule has 7 nitrogen and oxygen atoms in total. The van der Waals surface area contributed by atoms with Crippen molar-refractivity contribution < 1.29 is 14.3 Å². The molecule has 170 valence electrons. The summed E-state index contributed by atoms with van der Waals surface area (Å²) in [6.07, 6.45) is 5.27. The minimum absolute atomic E-state index is 0.0185. The normalized spacial score (nSPS) is 14.1. The van der Waals surface area contributed by atoms with E-state index in [1.54, 1.807) is 26.4 Å². The number of methoxy groups -OCH3 is 1. The molecule has 3 heterocycles. The second-order valence-corrected chi connectivity index (χ2v) is 8.21. The maximum absolute atomic E-state index is 13.1. The average molecular weight is 445 g/mol. The fourth-order valence-electron chi connectivity index (χ4n) is 4.29. The minimum atomic E-state index is -0.208. The maximum atomic E-state index is 13.1. The highest BCUT2D eigenvalue weighted by Crippen LogP contribution is 2.30. The summed E-state index contributed by atoms with van der Waals surface area (Å²) in [5, 5.41) is 2.57. The fraction of sp³-hybridized carbons (Fsp3) is 0.308. The van der Waals surface area contributed by atoms with Gasteiger partial charge in [0.15, 0.2) is 0 Å². The van der Waals surface area contributed by atoms with Gasteiger partial charge in [-0.15, -0.1) is 0 Å². The highest BCUT2D eigenvalue weighted by atomic mass is 16.5. The number of nitrogens with zero attached hydrogens (tertiary/aromatic N) is 3.